The minimum atomic E-state index is 0.497. The van der Waals surface area contributed by atoms with Crippen LogP contribution in [0.15, 0.2) is 0 Å². The average Bonchev–Trinajstić information content (AvgIpc) is 3.09. The van der Waals surface area contributed by atoms with E-state index in [1.807, 2.05) is 0 Å². The molecule has 0 spiro atoms. The van der Waals surface area contributed by atoms with E-state index in [0.717, 1.165) is 32.2 Å². The molecule has 1 heterocycles. The monoisotopic (exact) mass is 212 g/mol. The summed E-state index contributed by atoms with van der Waals surface area (Å²) in [6, 6.07) is 0.849. The number of nitrogens with two attached hydrogens (primary N) is 1. The topological polar surface area (TPSA) is 38.5 Å². The highest BCUT2D eigenvalue weighted by atomic mass is 16.5. The Kier molecular flexibility index (Phi) is 4.42. The van der Waals surface area contributed by atoms with Crippen LogP contribution in [0.2, 0.25) is 0 Å². The predicted molar refractivity (Wildman–Crippen MR) is 61.9 cm³/mol. The Morgan fingerprint density at radius 3 is 2.67 bits per heavy atom. The molecule has 88 valence electrons. The first-order chi connectivity index (χ1) is 7.40. The van der Waals surface area contributed by atoms with Crippen molar-refractivity contribution in [2.45, 2.75) is 50.7 Å². The summed E-state index contributed by atoms with van der Waals surface area (Å²) >= 11 is 0. The van der Waals surface area contributed by atoms with E-state index in [9.17, 15) is 0 Å². The van der Waals surface area contributed by atoms with Gasteiger partial charge in [0.2, 0.25) is 0 Å². The van der Waals surface area contributed by atoms with Crippen molar-refractivity contribution >= 4 is 0 Å². The lowest BCUT2D eigenvalue weighted by molar-refractivity contribution is -0.00730. The van der Waals surface area contributed by atoms with Crippen molar-refractivity contribution in [2.75, 3.05) is 26.2 Å². The highest BCUT2D eigenvalue weighted by molar-refractivity contribution is 4.86. The lowest BCUT2D eigenvalue weighted by Crippen LogP contribution is -2.38. The van der Waals surface area contributed by atoms with Crippen molar-refractivity contribution in [3.05, 3.63) is 0 Å². The quantitative estimate of drug-likeness (QED) is 0.722. The Bertz CT molecular complexity index is 176. The minimum Gasteiger partial charge on any atom is -0.377 e. The zero-order valence-electron chi connectivity index (χ0n) is 9.66. The van der Waals surface area contributed by atoms with Gasteiger partial charge < -0.3 is 10.5 Å². The van der Waals surface area contributed by atoms with Crippen molar-refractivity contribution < 1.29 is 4.74 Å². The average molecular weight is 212 g/mol. The van der Waals surface area contributed by atoms with E-state index in [-0.39, 0.29) is 0 Å². The fourth-order valence-electron chi connectivity index (χ4n) is 2.37. The molecule has 0 aromatic heterocycles. The van der Waals surface area contributed by atoms with E-state index < -0.39 is 0 Å². The predicted octanol–water partition coefficient (Wildman–Crippen LogP) is 1.37. The van der Waals surface area contributed by atoms with Gasteiger partial charge in [0.25, 0.3) is 0 Å². The van der Waals surface area contributed by atoms with Crippen LogP contribution in [-0.4, -0.2) is 43.3 Å². The molecule has 1 aliphatic heterocycles. The van der Waals surface area contributed by atoms with Gasteiger partial charge in [0.15, 0.2) is 0 Å². The summed E-state index contributed by atoms with van der Waals surface area (Å²) in [6.45, 7) is 4.10. The van der Waals surface area contributed by atoms with Crippen molar-refractivity contribution in [2.24, 2.45) is 5.73 Å². The second kappa shape index (κ2) is 5.83. The Balaban J connectivity index is 1.72. The third-order valence-electron chi connectivity index (χ3n) is 3.42. The summed E-state index contributed by atoms with van der Waals surface area (Å²) in [5.41, 5.74) is 5.57. The normalized spacial score (nSPS) is 27.2. The molecule has 0 amide bonds. The molecule has 0 radical (unpaired) electrons. The summed E-state index contributed by atoms with van der Waals surface area (Å²) in [4.78, 5) is 2.60. The van der Waals surface area contributed by atoms with Gasteiger partial charge in [-0.25, -0.2) is 0 Å². The molecule has 0 aromatic rings. The molecule has 2 N–H and O–H groups in total. The summed E-state index contributed by atoms with van der Waals surface area (Å²) in [6.07, 6.45) is 8.25. The standard InChI is InChI=1S/C12H24N2O/c13-7-3-8-14(11-5-6-11)10-12-4-1-2-9-15-12/h11-12H,1-10,13H2. The molecule has 3 heteroatoms. The third-order valence-corrected chi connectivity index (χ3v) is 3.42. The fourth-order valence-corrected chi connectivity index (χ4v) is 2.37. The maximum atomic E-state index is 5.79. The van der Waals surface area contributed by atoms with E-state index in [4.69, 9.17) is 10.5 Å². The van der Waals surface area contributed by atoms with E-state index >= 15 is 0 Å². The molecule has 3 nitrogen and oxygen atoms in total. The van der Waals surface area contributed by atoms with Crippen LogP contribution in [0.1, 0.15) is 38.5 Å². The summed E-state index contributed by atoms with van der Waals surface area (Å²) < 4.78 is 5.79. The first kappa shape index (κ1) is 11.4. The zero-order chi connectivity index (χ0) is 10.5. The lowest BCUT2D eigenvalue weighted by Gasteiger charge is -2.29. The molecule has 1 saturated heterocycles. The Morgan fingerprint density at radius 2 is 2.07 bits per heavy atom. The fraction of sp³-hybridized carbons (Fsp3) is 1.00. The van der Waals surface area contributed by atoms with Gasteiger partial charge in [-0.15, -0.1) is 0 Å². The smallest absolute Gasteiger partial charge is 0.0702 e. The summed E-state index contributed by atoms with van der Waals surface area (Å²) in [5, 5.41) is 0. The van der Waals surface area contributed by atoms with Crippen molar-refractivity contribution in [3.8, 4) is 0 Å². The van der Waals surface area contributed by atoms with Crippen LogP contribution < -0.4 is 5.73 Å². The number of nitrogens with zero attached hydrogens (tertiary/aromatic N) is 1. The van der Waals surface area contributed by atoms with Crippen LogP contribution in [0, 0.1) is 0 Å². The van der Waals surface area contributed by atoms with Gasteiger partial charge in [-0.05, 0) is 51.6 Å². The van der Waals surface area contributed by atoms with E-state index in [1.165, 1.54) is 38.6 Å². The second-order valence-electron chi connectivity index (χ2n) is 4.86. The van der Waals surface area contributed by atoms with Crippen molar-refractivity contribution in [3.63, 3.8) is 0 Å². The maximum Gasteiger partial charge on any atom is 0.0702 e. The first-order valence-electron chi connectivity index (χ1n) is 6.46. The van der Waals surface area contributed by atoms with Gasteiger partial charge in [0.05, 0.1) is 6.10 Å². The molecule has 0 bridgehead atoms. The Morgan fingerprint density at radius 1 is 1.20 bits per heavy atom. The van der Waals surface area contributed by atoms with E-state index in [1.54, 1.807) is 0 Å². The maximum absolute atomic E-state index is 5.79. The van der Waals surface area contributed by atoms with Crippen LogP contribution in [0.5, 0.6) is 0 Å². The molecular weight excluding hydrogens is 188 g/mol. The molecule has 0 aromatic carbocycles. The highest BCUT2D eigenvalue weighted by Crippen LogP contribution is 2.28. The van der Waals surface area contributed by atoms with Crippen LogP contribution in [0.4, 0.5) is 0 Å². The molecular formula is C12H24N2O. The van der Waals surface area contributed by atoms with Gasteiger partial charge in [0, 0.05) is 19.2 Å². The molecule has 1 aliphatic carbocycles. The van der Waals surface area contributed by atoms with Gasteiger partial charge >= 0.3 is 0 Å². The molecule has 1 atom stereocenters. The van der Waals surface area contributed by atoms with Gasteiger partial charge in [-0.1, -0.05) is 0 Å². The van der Waals surface area contributed by atoms with Crippen molar-refractivity contribution in [1.82, 2.24) is 4.90 Å². The van der Waals surface area contributed by atoms with Gasteiger partial charge in [-0.2, -0.15) is 0 Å². The van der Waals surface area contributed by atoms with E-state index in [2.05, 4.69) is 4.90 Å². The number of hydrogen-bond donors (Lipinski definition) is 1. The van der Waals surface area contributed by atoms with Gasteiger partial charge in [-0.3, -0.25) is 4.90 Å². The van der Waals surface area contributed by atoms with Gasteiger partial charge in [0.1, 0.15) is 0 Å². The molecule has 2 fully saturated rings. The minimum absolute atomic E-state index is 0.497. The summed E-state index contributed by atoms with van der Waals surface area (Å²) in [7, 11) is 0. The number of ether oxygens (including phenoxy) is 1. The van der Waals surface area contributed by atoms with Crippen LogP contribution in [0.25, 0.3) is 0 Å². The number of rotatable bonds is 6. The lowest BCUT2D eigenvalue weighted by atomic mass is 10.1. The summed E-state index contributed by atoms with van der Waals surface area (Å²) in [5.74, 6) is 0. The highest BCUT2D eigenvalue weighted by Gasteiger charge is 2.30. The molecule has 15 heavy (non-hydrogen) atoms. The Hall–Kier alpha value is -0.120. The molecule has 2 aliphatic rings. The van der Waals surface area contributed by atoms with Crippen LogP contribution in [0.3, 0.4) is 0 Å². The number of hydrogen-bond acceptors (Lipinski definition) is 3. The zero-order valence-corrected chi connectivity index (χ0v) is 9.66. The Labute approximate surface area is 93.0 Å². The van der Waals surface area contributed by atoms with Crippen LogP contribution >= 0.6 is 0 Å². The van der Waals surface area contributed by atoms with Crippen molar-refractivity contribution in [1.29, 1.82) is 0 Å². The van der Waals surface area contributed by atoms with Crippen LogP contribution in [-0.2, 0) is 4.74 Å². The first-order valence-corrected chi connectivity index (χ1v) is 6.46. The largest absolute Gasteiger partial charge is 0.377 e. The second-order valence-corrected chi connectivity index (χ2v) is 4.86. The van der Waals surface area contributed by atoms with E-state index in [0.29, 0.717) is 6.10 Å². The SMILES string of the molecule is NCCCN(CC1CCCCO1)C1CC1. The molecule has 1 saturated carbocycles. The molecule has 1 unspecified atom stereocenters. The molecule has 2 rings (SSSR count). The third kappa shape index (κ3) is 3.74.